The highest BCUT2D eigenvalue weighted by Gasteiger charge is 2.18. The maximum absolute atomic E-state index is 6.25. The molecule has 0 radical (unpaired) electrons. The average Bonchev–Trinajstić information content (AvgIpc) is 3.55. The smallest absolute Gasteiger partial charge is 0.160 e. The van der Waals surface area contributed by atoms with Crippen LogP contribution in [0.25, 0.3) is 99.8 Å². The Balaban J connectivity index is 1.20. The minimum absolute atomic E-state index is 0.626. The van der Waals surface area contributed by atoms with Gasteiger partial charge in [0.15, 0.2) is 5.82 Å². The molecule has 10 aromatic rings. The van der Waals surface area contributed by atoms with E-state index in [2.05, 4.69) is 97.1 Å². The third-order valence-corrected chi connectivity index (χ3v) is 9.28. The Bertz CT molecular complexity index is 2880. The van der Waals surface area contributed by atoms with E-state index in [0.29, 0.717) is 5.82 Å². The van der Waals surface area contributed by atoms with Gasteiger partial charge in [-0.2, -0.15) is 0 Å². The summed E-state index contributed by atoms with van der Waals surface area (Å²) in [6.07, 6.45) is 0. The number of furan rings is 1. The molecule has 0 bridgehead atoms. The summed E-state index contributed by atoms with van der Waals surface area (Å²) in [5.41, 5.74) is 10.8. The molecule has 0 fully saturated rings. The topological polar surface area (TPSA) is 64.7 Å². The van der Waals surface area contributed by atoms with E-state index in [0.717, 1.165) is 94.0 Å². The molecule has 0 saturated heterocycles. The van der Waals surface area contributed by atoms with Crippen LogP contribution in [-0.2, 0) is 0 Å². The Labute approximate surface area is 281 Å². The first-order valence-corrected chi connectivity index (χ1v) is 16.3. The van der Waals surface area contributed by atoms with E-state index in [1.165, 1.54) is 0 Å². The van der Waals surface area contributed by atoms with Crippen LogP contribution in [0.1, 0.15) is 0 Å². The standard InChI is InChI=1S/C44H26N4O/c1-3-10-27(11-4-1)36-24-21-29-18-19-30-22-25-37(46-42(30)41(29)45-36)34-15-9-16-35-40(28-12-5-2-6-13-28)47-44(48-43(34)35)31-20-23-33-32-14-7-8-17-38(32)49-39(33)26-31/h1-26H. The quantitative estimate of drug-likeness (QED) is 0.182. The number of para-hydroxylation sites is 2. The van der Waals surface area contributed by atoms with Gasteiger partial charge in [0.2, 0.25) is 0 Å². The normalized spacial score (nSPS) is 11.7. The monoisotopic (exact) mass is 626 g/mol. The molecule has 5 nitrogen and oxygen atoms in total. The van der Waals surface area contributed by atoms with Crippen LogP contribution < -0.4 is 0 Å². The van der Waals surface area contributed by atoms with Crippen molar-refractivity contribution in [3.05, 3.63) is 158 Å². The van der Waals surface area contributed by atoms with Crippen LogP contribution in [0.2, 0.25) is 0 Å². The van der Waals surface area contributed by atoms with Crippen molar-refractivity contribution in [3.63, 3.8) is 0 Å². The van der Waals surface area contributed by atoms with Crippen molar-refractivity contribution in [2.75, 3.05) is 0 Å². The number of pyridine rings is 2. The lowest BCUT2D eigenvalue weighted by atomic mass is 10.0. The molecule has 10 rings (SSSR count). The Morgan fingerprint density at radius 1 is 0.367 bits per heavy atom. The van der Waals surface area contributed by atoms with E-state index in [1.54, 1.807) is 0 Å². The summed E-state index contributed by atoms with van der Waals surface area (Å²) in [7, 11) is 0. The lowest BCUT2D eigenvalue weighted by Crippen LogP contribution is -1.98. The van der Waals surface area contributed by atoms with Crippen LogP contribution in [-0.4, -0.2) is 19.9 Å². The second kappa shape index (κ2) is 10.9. The van der Waals surface area contributed by atoms with Gasteiger partial charge >= 0.3 is 0 Å². The van der Waals surface area contributed by atoms with E-state index < -0.39 is 0 Å². The molecule has 0 aliphatic heterocycles. The first kappa shape index (κ1) is 27.4. The summed E-state index contributed by atoms with van der Waals surface area (Å²) in [6.45, 7) is 0. The predicted molar refractivity (Wildman–Crippen MR) is 199 cm³/mol. The second-order valence-corrected chi connectivity index (χ2v) is 12.2. The second-order valence-electron chi connectivity index (χ2n) is 12.2. The van der Waals surface area contributed by atoms with E-state index in [9.17, 15) is 0 Å². The minimum atomic E-state index is 0.626. The molecule has 6 aromatic carbocycles. The number of benzene rings is 6. The molecule has 0 aliphatic rings. The SMILES string of the molecule is c1ccc(-c2ccc3ccc4ccc(-c5cccc6c(-c7ccccc7)nc(-c7ccc8c(c7)oc7ccccc78)nc56)nc4c3n2)cc1. The summed E-state index contributed by atoms with van der Waals surface area (Å²) < 4.78 is 6.25. The first-order chi connectivity index (χ1) is 24.3. The van der Waals surface area contributed by atoms with Gasteiger partial charge in [-0.3, -0.25) is 0 Å². The van der Waals surface area contributed by atoms with Gasteiger partial charge in [0, 0.05) is 49.2 Å². The maximum Gasteiger partial charge on any atom is 0.160 e. The number of aromatic nitrogens is 4. The lowest BCUT2D eigenvalue weighted by molar-refractivity contribution is 0.669. The van der Waals surface area contributed by atoms with Gasteiger partial charge in [0.1, 0.15) is 11.2 Å². The molecule has 0 aliphatic carbocycles. The van der Waals surface area contributed by atoms with Crippen LogP contribution in [0.15, 0.2) is 162 Å². The van der Waals surface area contributed by atoms with Crippen molar-refractivity contribution in [2.45, 2.75) is 0 Å². The van der Waals surface area contributed by atoms with Gasteiger partial charge in [-0.15, -0.1) is 0 Å². The first-order valence-electron chi connectivity index (χ1n) is 16.3. The third-order valence-electron chi connectivity index (χ3n) is 9.28. The van der Waals surface area contributed by atoms with Crippen molar-refractivity contribution in [1.82, 2.24) is 19.9 Å². The highest BCUT2D eigenvalue weighted by atomic mass is 16.3. The fraction of sp³-hybridized carbons (Fsp3) is 0. The van der Waals surface area contributed by atoms with Crippen molar-refractivity contribution in [2.24, 2.45) is 0 Å². The summed E-state index contributed by atoms with van der Waals surface area (Å²) in [6, 6.07) is 53.8. The number of hydrogen-bond acceptors (Lipinski definition) is 5. The van der Waals surface area contributed by atoms with E-state index in [1.807, 2.05) is 60.7 Å². The zero-order chi connectivity index (χ0) is 32.3. The van der Waals surface area contributed by atoms with Gasteiger partial charge in [0.05, 0.1) is 33.6 Å². The van der Waals surface area contributed by atoms with Gasteiger partial charge in [0.25, 0.3) is 0 Å². The molecule has 0 amide bonds. The molecular weight excluding hydrogens is 601 g/mol. The Hall–Kier alpha value is -6.72. The molecule has 5 heteroatoms. The largest absolute Gasteiger partial charge is 0.456 e. The van der Waals surface area contributed by atoms with E-state index >= 15 is 0 Å². The molecule has 0 unspecified atom stereocenters. The van der Waals surface area contributed by atoms with Crippen LogP contribution in [0, 0.1) is 0 Å². The molecule has 4 aromatic heterocycles. The fourth-order valence-electron chi connectivity index (χ4n) is 6.86. The Kier molecular flexibility index (Phi) is 6.11. The molecule has 228 valence electrons. The molecule has 49 heavy (non-hydrogen) atoms. The van der Waals surface area contributed by atoms with Gasteiger partial charge in [-0.1, -0.05) is 127 Å². The third kappa shape index (κ3) is 4.55. The summed E-state index contributed by atoms with van der Waals surface area (Å²) in [4.78, 5) is 20.9. The number of fused-ring (bicyclic) bond motifs is 7. The Morgan fingerprint density at radius 2 is 1.00 bits per heavy atom. The predicted octanol–water partition coefficient (Wildman–Crippen LogP) is 11.3. The van der Waals surface area contributed by atoms with Crippen molar-refractivity contribution < 1.29 is 4.42 Å². The number of rotatable bonds is 4. The van der Waals surface area contributed by atoms with Crippen molar-refractivity contribution in [3.8, 4) is 45.2 Å². The zero-order valence-corrected chi connectivity index (χ0v) is 26.2. The fourth-order valence-corrected chi connectivity index (χ4v) is 6.86. The summed E-state index contributed by atoms with van der Waals surface area (Å²) >= 11 is 0. The molecule has 0 saturated carbocycles. The van der Waals surface area contributed by atoms with Crippen LogP contribution in [0.5, 0.6) is 0 Å². The van der Waals surface area contributed by atoms with Crippen LogP contribution in [0.3, 0.4) is 0 Å². The summed E-state index contributed by atoms with van der Waals surface area (Å²) in [5, 5.41) is 5.21. The van der Waals surface area contributed by atoms with Crippen LogP contribution >= 0.6 is 0 Å². The molecule has 0 spiro atoms. The summed E-state index contributed by atoms with van der Waals surface area (Å²) in [5.74, 6) is 0.626. The Morgan fingerprint density at radius 3 is 1.80 bits per heavy atom. The van der Waals surface area contributed by atoms with Crippen molar-refractivity contribution >= 4 is 54.6 Å². The lowest BCUT2D eigenvalue weighted by Gasteiger charge is -2.13. The van der Waals surface area contributed by atoms with Gasteiger partial charge < -0.3 is 4.42 Å². The minimum Gasteiger partial charge on any atom is -0.456 e. The number of nitrogens with zero attached hydrogens (tertiary/aromatic N) is 4. The van der Waals surface area contributed by atoms with E-state index in [4.69, 9.17) is 24.4 Å². The molecule has 4 heterocycles. The van der Waals surface area contributed by atoms with Crippen molar-refractivity contribution in [1.29, 1.82) is 0 Å². The zero-order valence-electron chi connectivity index (χ0n) is 26.2. The molecule has 0 atom stereocenters. The highest BCUT2D eigenvalue weighted by molar-refractivity contribution is 6.07. The van der Waals surface area contributed by atoms with Gasteiger partial charge in [-0.25, -0.2) is 19.9 Å². The van der Waals surface area contributed by atoms with E-state index in [-0.39, 0.29) is 0 Å². The average molecular weight is 627 g/mol. The molecule has 0 N–H and O–H groups in total. The van der Waals surface area contributed by atoms with Gasteiger partial charge in [-0.05, 0) is 30.3 Å². The molecular formula is C44H26N4O. The highest BCUT2D eigenvalue weighted by Crippen LogP contribution is 2.37. The maximum atomic E-state index is 6.25. The number of hydrogen-bond donors (Lipinski definition) is 0. The van der Waals surface area contributed by atoms with Crippen LogP contribution in [0.4, 0.5) is 0 Å².